The first kappa shape index (κ1) is 9.71. The van der Waals surface area contributed by atoms with Gasteiger partial charge in [0.15, 0.2) is 4.96 Å². The lowest BCUT2D eigenvalue weighted by atomic mass is 10.1. The van der Waals surface area contributed by atoms with Gasteiger partial charge < -0.3 is 0 Å². The lowest BCUT2D eigenvalue weighted by Crippen LogP contribution is -1.92. The van der Waals surface area contributed by atoms with Gasteiger partial charge >= 0.3 is 0 Å². The largest absolute Gasteiger partial charge is 0.294 e. The van der Waals surface area contributed by atoms with Gasteiger partial charge in [0.05, 0.1) is 6.20 Å². The van der Waals surface area contributed by atoms with Crippen molar-refractivity contribution in [2.24, 2.45) is 0 Å². The number of imidazole rings is 1. The second-order valence-corrected chi connectivity index (χ2v) is 5.32. The lowest BCUT2D eigenvalue weighted by Gasteiger charge is -2.01. The second kappa shape index (κ2) is 3.39. The van der Waals surface area contributed by atoms with Crippen LogP contribution in [0.15, 0.2) is 12.4 Å². The zero-order valence-corrected chi connectivity index (χ0v) is 9.93. The third kappa shape index (κ3) is 1.46. The van der Waals surface area contributed by atoms with Gasteiger partial charge in [-0.2, -0.15) is 0 Å². The smallest absolute Gasteiger partial charge is 0.194 e. The van der Waals surface area contributed by atoms with Crippen LogP contribution < -0.4 is 0 Å². The summed E-state index contributed by atoms with van der Waals surface area (Å²) in [6.07, 6.45) is 4.22. The highest BCUT2D eigenvalue weighted by Crippen LogP contribution is 2.27. The second-order valence-electron chi connectivity index (χ2n) is 4.28. The highest BCUT2D eigenvalue weighted by atomic mass is 32.1. The van der Waals surface area contributed by atoms with Crippen molar-refractivity contribution in [3.05, 3.63) is 23.0 Å². The molecule has 2 aromatic heterocycles. The van der Waals surface area contributed by atoms with Crippen LogP contribution in [-0.4, -0.2) is 9.38 Å². The predicted octanol–water partition coefficient (Wildman–Crippen LogP) is 3.64. The molecule has 0 saturated heterocycles. The molecule has 0 unspecified atom stereocenters. The summed E-state index contributed by atoms with van der Waals surface area (Å²) in [7, 11) is 0. The maximum Gasteiger partial charge on any atom is 0.194 e. The van der Waals surface area contributed by atoms with Gasteiger partial charge in [0.25, 0.3) is 0 Å². The van der Waals surface area contributed by atoms with E-state index in [2.05, 4.69) is 43.3 Å². The van der Waals surface area contributed by atoms with Crippen LogP contribution in [0.25, 0.3) is 4.96 Å². The molecule has 0 fully saturated rings. The number of hydrogen-bond acceptors (Lipinski definition) is 2. The summed E-state index contributed by atoms with van der Waals surface area (Å²) in [5.41, 5.74) is 1.31. The molecule has 0 aliphatic heterocycles. The van der Waals surface area contributed by atoms with Crippen molar-refractivity contribution in [2.45, 2.75) is 39.5 Å². The minimum Gasteiger partial charge on any atom is -0.294 e. The molecule has 0 saturated carbocycles. The zero-order chi connectivity index (χ0) is 10.3. The van der Waals surface area contributed by atoms with Gasteiger partial charge in [0, 0.05) is 16.8 Å². The molecule has 0 radical (unpaired) electrons. The molecular weight excluding hydrogens is 192 g/mol. The zero-order valence-electron chi connectivity index (χ0n) is 9.11. The summed E-state index contributed by atoms with van der Waals surface area (Å²) in [4.78, 5) is 6.96. The standard InChI is InChI=1S/C11H16N2S/c1-7(2)9-5-12-11-13(9)6-10(14-11)8(3)4/h5-8H,1-4H3. The van der Waals surface area contributed by atoms with Crippen molar-refractivity contribution >= 4 is 16.3 Å². The molecule has 0 N–H and O–H groups in total. The minimum atomic E-state index is 0.541. The Labute approximate surface area is 88.6 Å². The minimum absolute atomic E-state index is 0.541. The Balaban J connectivity index is 2.56. The van der Waals surface area contributed by atoms with Gasteiger partial charge in [-0.05, 0) is 11.8 Å². The van der Waals surface area contributed by atoms with Crippen molar-refractivity contribution in [3.63, 3.8) is 0 Å². The van der Waals surface area contributed by atoms with Gasteiger partial charge in [-0.15, -0.1) is 11.3 Å². The monoisotopic (exact) mass is 208 g/mol. The predicted molar refractivity (Wildman–Crippen MR) is 61.2 cm³/mol. The third-order valence-electron chi connectivity index (χ3n) is 2.42. The normalized spacial score (nSPS) is 12.1. The number of fused-ring (bicyclic) bond motifs is 1. The Morgan fingerprint density at radius 2 is 1.93 bits per heavy atom. The lowest BCUT2D eigenvalue weighted by molar-refractivity contribution is 0.804. The molecule has 0 aliphatic carbocycles. The van der Waals surface area contributed by atoms with E-state index in [1.165, 1.54) is 10.6 Å². The first-order valence-electron chi connectivity index (χ1n) is 5.06. The molecule has 0 amide bonds. The molecule has 14 heavy (non-hydrogen) atoms. The van der Waals surface area contributed by atoms with Crippen molar-refractivity contribution in [3.8, 4) is 0 Å². The summed E-state index contributed by atoms with van der Waals surface area (Å²) < 4.78 is 2.23. The fourth-order valence-electron chi connectivity index (χ4n) is 1.51. The summed E-state index contributed by atoms with van der Waals surface area (Å²) in [5, 5.41) is 0. The first-order chi connectivity index (χ1) is 6.59. The van der Waals surface area contributed by atoms with E-state index >= 15 is 0 Å². The molecule has 0 aromatic carbocycles. The summed E-state index contributed by atoms with van der Waals surface area (Å²) in [6.45, 7) is 8.85. The van der Waals surface area contributed by atoms with Crippen molar-refractivity contribution in [1.82, 2.24) is 9.38 Å². The molecule has 2 nitrogen and oxygen atoms in total. The van der Waals surface area contributed by atoms with E-state index in [4.69, 9.17) is 0 Å². The van der Waals surface area contributed by atoms with Crippen molar-refractivity contribution in [1.29, 1.82) is 0 Å². The van der Waals surface area contributed by atoms with Crippen LogP contribution in [0.2, 0.25) is 0 Å². The van der Waals surface area contributed by atoms with Crippen LogP contribution in [0, 0.1) is 0 Å². The summed E-state index contributed by atoms with van der Waals surface area (Å²) in [6, 6.07) is 0. The van der Waals surface area contributed by atoms with Gasteiger partial charge in [-0.1, -0.05) is 27.7 Å². The quantitative estimate of drug-likeness (QED) is 0.736. The average molecular weight is 208 g/mol. The SMILES string of the molecule is CC(C)c1cn2c(C(C)C)cnc2s1. The van der Waals surface area contributed by atoms with Gasteiger partial charge in [0.2, 0.25) is 0 Å². The van der Waals surface area contributed by atoms with Gasteiger partial charge in [-0.3, -0.25) is 4.40 Å². The van der Waals surface area contributed by atoms with Gasteiger partial charge in [0.1, 0.15) is 0 Å². The van der Waals surface area contributed by atoms with Crippen LogP contribution in [0.3, 0.4) is 0 Å². The van der Waals surface area contributed by atoms with Crippen molar-refractivity contribution < 1.29 is 0 Å². The van der Waals surface area contributed by atoms with Crippen LogP contribution in [0.5, 0.6) is 0 Å². The molecule has 0 atom stereocenters. The molecular formula is C11H16N2S. The highest BCUT2D eigenvalue weighted by molar-refractivity contribution is 7.17. The molecule has 2 rings (SSSR count). The molecule has 0 spiro atoms. The number of hydrogen-bond donors (Lipinski definition) is 0. The number of nitrogens with zero attached hydrogens (tertiary/aromatic N) is 2. The molecule has 2 aromatic rings. The Bertz CT molecular complexity index is 437. The maximum absolute atomic E-state index is 4.42. The molecule has 0 bridgehead atoms. The Hall–Kier alpha value is -0.830. The first-order valence-corrected chi connectivity index (χ1v) is 5.88. The molecule has 0 aliphatic rings. The Morgan fingerprint density at radius 3 is 2.50 bits per heavy atom. The van der Waals surface area contributed by atoms with Gasteiger partial charge in [-0.25, -0.2) is 4.98 Å². The third-order valence-corrected chi connectivity index (χ3v) is 3.71. The number of rotatable bonds is 2. The number of thiazole rings is 1. The van der Waals surface area contributed by atoms with E-state index in [0.29, 0.717) is 11.8 Å². The Morgan fingerprint density at radius 1 is 1.21 bits per heavy atom. The Kier molecular flexibility index (Phi) is 2.35. The average Bonchev–Trinajstić information content (AvgIpc) is 2.58. The van der Waals surface area contributed by atoms with Crippen LogP contribution in [0.4, 0.5) is 0 Å². The fraction of sp³-hybridized carbons (Fsp3) is 0.545. The van der Waals surface area contributed by atoms with E-state index in [-0.39, 0.29) is 0 Å². The summed E-state index contributed by atoms with van der Waals surface area (Å²) >= 11 is 1.80. The topological polar surface area (TPSA) is 17.3 Å². The fourth-order valence-corrected chi connectivity index (χ4v) is 2.48. The van der Waals surface area contributed by atoms with Crippen molar-refractivity contribution in [2.75, 3.05) is 0 Å². The molecule has 3 heteroatoms. The summed E-state index contributed by atoms with van der Waals surface area (Å²) in [5.74, 6) is 1.14. The van der Waals surface area contributed by atoms with Crippen LogP contribution in [-0.2, 0) is 0 Å². The van der Waals surface area contributed by atoms with E-state index < -0.39 is 0 Å². The number of aromatic nitrogens is 2. The van der Waals surface area contributed by atoms with E-state index in [0.717, 1.165) is 4.96 Å². The maximum atomic E-state index is 4.42. The van der Waals surface area contributed by atoms with E-state index in [1.54, 1.807) is 11.3 Å². The van der Waals surface area contributed by atoms with E-state index in [1.807, 2.05) is 6.20 Å². The van der Waals surface area contributed by atoms with E-state index in [9.17, 15) is 0 Å². The molecule has 2 heterocycles. The molecule has 76 valence electrons. The van der Waals surface area contributed by atoms with Crippen LogP contribution in [0.1, 0.15) is 50.1 Å². The highest BCUT2D eigenvalue weighted by Gasteiger charge is 2.11. The van der Waals surface area contributed by atoms with Crippen LogP contribution >= 0.6 is 11.3 Å².